The van der Waals surface area contributed by atoms with E-state index in [9.17, 15) is 0 Å². The lowest BCUT2D eigenvalue weighted by molar-refractivity contribution is 0.0818. The van der Waals surface area contributed by atoms with Crippen LogP contribution in [0.5, 0.6) is 0 Å². The fraction of sp³-hybridized carbons (Fsp3) is 1.00. The molecule has 1 fully saturated rings. The van der Waals surface area contributed by atoms with Gasteiger partial charge in [0.1, 0.15) is 0 Å². The maximum absolute atomic E-state index is 2.70. The molecular weight excluding hydrogens is 285 g/mol. The summed E-state index contributed by atoms with van der Waals surface area (Å²) in [7, 11) is 4.47. The zero-order valence-corrected chi connectivity index (χ0v) is 12.3. The number of rotatable bonds is 2. The van der Waals surface area contributed by atoms with Crippen molar-refractivity contribution in [3.05, 3.63) is 0 Å². The highest BCUT2D eigenvalue weighted by molar-refractivity contribution is 14.1. The van der Waals surface area contributed by atoms with Gasteiger partial charge in [0.25, 0.3) is 0 Å². The summed E-state index contributed by atoms with van der Waals surface area (Å²) in [5.74, 6) is 2.56. The summed E-state index contributed by atoms with van der Waals surface area (Å²) < 4.78 is 0.392. The van der Waals surface area contributed by atoms with E-state index in [1.165, 1.54) is 19.3 Å². The van der Waals surface area contributed by atoms with Gasteiger partial charge in [-0.3, -0.25) is 4.90 Å². The molecule has 14 heavy (non-hydrogen) atoms. The van der Waals surface area contributed by atoms with Crippen molar-refractivity contribution in [2.45, 2.75) is 43.6 Å². The third-order valence-electron chi connectivity index (χ3n) is 3.72. The van der Waals surface area contributed by atoms with E-state index in [1.807, 2.05) is 0 Å². The first kappa shape index (κ1) is 12.8. The van der Waals surface area contributed by atoms with E-state index in [1.54, 1.807) is 0 Å². The second-order valence-electron chi connectivity index (χ2n) is 5.45. The Balaban J connectivity index is 2.83. The van der Waals surface area contributed by atoms with Crippen molar-refractivity contribution in [2.24, 2.45) is 17.8 Å². The molecule has 3 atom stereocenters. The molecule has 0 bridgehead atoms. The van der Waals surface area contributed by atoms with E-state index in [2.05, 4.69) is 62.4 Å². The zero-order chi connectivity index (χ0) is 10.9. The summed E-state index contributed by atoms with van der Waals surface area (Å²) in [6.45, 7) is 7.14. The van der Waals surface area contributed by atoms with Crippen molar-refractivity contribution in [3.63, 3.8) is 0 Å². The Morgan fingerprint density at radius 3 is 2.29 bits per heavy atom. The maximum Gasteiger partial charge on any atom is 0.0758 e. The first-order valence-electron chi connectivity index (χ1n) is 5.74. The Kier molecular flexibility index (Phi) is 4.27. The van der Waals surface area contributed by atoms with Crippen molar-refractivity contribution in [3.8, 4) is 0 Å². The molecule has 0 aromatic rings. The Hall–Kier alpha value is 0.690. The van der Waals surface area contributed by atoms with Gasteiger partial charge < -0.3 is 0 Å². The summed E-state index contributed by atoms with van der Waals surface area (Å²) >= 11 is 2.70. The van der Waals surface area contributed by atoms with Crippen LogP contribution in [-0.4, -0.2) is 22.5 Å². The molecule has 0 amide bonds. The summed E-state index contributed by atoms with van der Waals surface area (Å²) in [4.78, 5) is 2.44. The largest absolute Gasteiger partial charge is 0.295 e. The molecular formula is C12H24IN. The van der Waals surface area contributed by atoms with Crippen LogP contribution in [0.15, 0.2) is 0 Å². The predicted molar refractivity (Wildman–Crippen MR) is 71.8 cm³/mol. The van der Waals surface area contributed by atoms with Gasteiger partial charge in [-0.2, -0.15) is 0 Å². The molecule has 1 rings (SSSR count). The molecule has 1 nitrogen and oxygen atoms in total. The van der Waals surface area contributed by atoms with E-state index >= 15 is 0 Å². The van der Waals surface area contributed by atoms with Crippen LogP contribution in [0.1, 0.15) is 40.0 Å². The van der Waals surface area contributed by atoms with Crippen molar-refractivity contribution in [1.29, 1.82) is 0 Å². The van der Waals surface area contributed by atoms with Gasteiger partial charge in [-0.05, 0) is 44.7 Å². The lowest BCUT2D eigenvalue weighted by Gasteiger charge is -2.48. The highest BCUT2D eigenvalue weighted by Crippen LogP contribution is 2.47. The second kappa shape index (κ2) is 4.69. The zero-order valence-electron chi connectivity index (χ0n) is 10.2. The van der Waals surface area contributed by atoms with E-state index < -0.39 is 0 Å². The molecule has 0 radical (unpaired) electrons. The number of hydrogen-bond acceptors (Lipinski definition) is 1. The molecule has 1 aliphatic carbocycles. The second-order valence-corrected chi connectivity index (χ2v) is 7.32. The molecule has 0 aromatic heterocycles. The van der Waals surface area contributed by atoms with Gasteiger partial charge >= 0.3 is 0 Å². The van der Waals surface area contributed by atoms with Gasteiger partial charge in [-0.15, -0.1) is 0 Å². The van der Waals surface area contributed by atoms with Crippen LogP contribution in [-0.2, 0) is 0 Å². The minimum absolute atomic E-state index is 0.392. The third-order valence-corrected chi connectivity index (χ3v) is 5.93. The van der Waals surface area contributed by atoms with Crippen LogP contribution in [0.3, 0.4) is 0 Å². The van der Waals surface area contributed by atoms with Crippen LogP contribution in [0.4, 0.5) is 0 Å². The van der Waals surface area contributed by atoms with Crippen molar-refractivity contribution < 1.29 is 0 Å². The maximum atomic E-state index is 2.70. The number of alkyl halides is 1. The first-order chi connectivity index (χ1) is 6.38. The Labute approximate surface area is 103 Å². The van der Waals surface area contributed by atoms with E-state index in [0.29, 0.717) is 3.55 Å². The average molecular weight is 309 g/mol. The quantitative estimate of drug-likeness (QED) is 0.426. The fourth-order valence-electron chi connectivity index (χ4n) is 2.79. The Morgan fingerprint density at radius 2 is 1.86 bits per heavy atom. The molecule has 84 valence electrons. The van der Waals surface area contributed by atoms with Gasteiger partial charge in [-0.1, -0.05) is 49.8 Å². The molecule has 2 heteroatoms. The third kappa shape index (κ3) is 2.43. The molecule has 0 spiro atoms. The van der Waals surface area contributed by atoms with Crippen LogP contribution in [0.2, 0.25) is 0 Å². The summed E-state index contributed by atoms with van der Waals surface area (Å²) in [6.07, 6.45) is 4.17. The topological polar surface area (TPSA) is 3.24 Å². The summed E-state index contributed by atoms with van der Waals surface area (Å²) in [5, 5.41) is 0. The summed E-state index contributed by atoms with van der Waals surface area (Å²) in [5.41, 5.74) is 0. The first-order valence-corrected chi connectivity index (χ1v) is 6.82. The van der Waals surface area contributed by atoms with Crippen LogP contribution in [0, 0.1) is 17.8 Å². The lowest BCUT2D eigenvalue weighted by atomic mass is 9.73. The van der Waals surface area contributed by atoms with Gasteiger partial charge in [0.15, 0.2) is 0 Å². The molecule has 0 heterocycles. The molecule has 0 saturated heterocycles. The minimum Gasteiger partial charge on any atom is -0.295 e. The van der Waals surface area contributed by atoms with Gasteiger partial charge in [0, 0.05) is 0 Å². The van der Waals surface area contributed by atoms with E-state index in [4.69, 9.17) is 0 Å². The number of halogens is 1. The Bertz CT molecular complexity index is 191. The minimum atomic E-state index is 0.392. The average Bonchev–Trinajstić information content (AvgIpc) is 2.02. The number of nitrogens with zero attached hydrogens (tertiary/aromatic N) is 1. The molecule has 1 saturated carbocycles. The van der Waals surface area contributed by atoms with E-state index in [-0.39, 0.29) is 0 Å². The Morgan fingerprint density at radius 1 is 1.29 bits per heavy atom. The van der Waals surface area contributed by atoms with E-state index in [0.717, 1.165) is 17.8 Å². The lowest BCUT2D eigenvalue weighted by Crippen LogP contribution is -2.50. The molecule has 0 aliphatic heterocycles. The molecule has 0 N–H and O–H groups in total. The normalized spacial score (nSPS) is 39.4. The summed E-state index contributed by atoms with van der Waals surface area (Å²) in [6, 6.07) is 0. The number of hydrogen-bond donors (Lipinski definition) is 0. The van der Waals surface area contributed by atoms with Gasteiger partial charge in [-0.25, -0.2) is 0 Å². The van der Waals surface area contributed by atoms with Crippen molar-refractivity contribution >= 4 is 22.6 Å². The van der Waals surface area contributed by atoms with Crippen LogP contribution >= 0.6 is 22.6 Å². The molecule has 1 aliphatic rings. The molecule has 3 unspecified atom stereocenters. The van der Waals surface area contributed by atoms with Crippen molar-refractivity contribution in [2.75, 3.05) is 14.1 Å². The monoisotopic (exact) mass is 309 g/mol. The van der Waals surface area contributed by atoms with Gasteiger partial charge in [0.2, 0.25) is 0 Å². The molecule has 0 aromatic carbocycles. The predicted octanol–water partition coefficient (Wildman–Crippen LogP) is 3.77. The van der Waals surface area contributed by atoms with Crippen LogP contribution < -0.4 is 0 Å². The SMILES string of the molecule is CC1CCC(C(C)C)C(I)(N(C)C)C1. The highest BCUT2D eigenvalue weighted by atomic mass is 127. The fourth-order valence-corrected chi connectivity index (χ4v) is 4.57. The van der Waals surface area contributed by atoms with Crippen molar-refractivity contribution in [1.82, 2.24) is 4.90 Å². The standard InChI is InChI=1S/C12H24IN/c1-9(2)11-7-6-10(3)8-12(11,13)14(4)5/h9-11H,6-8H2,1-5H3. The van der Waals surface area contributed by atoms with Crippen LogP contribution in [0.25, 0.3) is 0 Å². The smallest absolute Gasteiger partial charge is 0.0758 e. The van der Waals surface area contributed by atoms with Gasteiger partial charge in [0.05, 0.1) is 3.55 Å². The highest BCUT2D eigenvalue weighted by Gasteiger charge is 2.43.